The number of benzene rings is 1. The topological polar surface area (TPSA) is 79.3 Å². The maximum Gasteiger partial charge on any atom is 0.501 e. The molecule has 2 aliphatic rings. The second-order valence-corrected chi connectivity index (χ2v) is 6.84. The maximum absolute atomic E-state index is 12.9. The summed E-state index contributed by atoms with van der Waals surface area (Å²) in [5.41, 5.74) is 0.0278. The molecule has 1 unspecified atom stereocenters. The number of urea groups is 1. The van der Waals surface area contributed by atoms with E-state index in [0.29, 0.717) is 11.3 Å². The van der Waals surface area contributed by atoms with Crippen LogP contribution in [0.1, 0.15) is 11.5 Å². The summed E-state index contributed by atoms with van der Waals surface area (Å²) >= 11 is 0. The quantitative estimate of drug-likeness (QED) is 0.536. The van der Waals surface area contributed by atoms with Crippen LogP contribution in [0.3, 0.4) is 0 Å². The molecule has 2 heterocycles. The van der Waals surface area contributed by atoms with Crippen molar-refractivity contribution in [2.45, 2.75) is 12.7 Å². The van der Waals surface area contributed by atoms with Crippen molar-refractivity contribution in [3.05, 3.63) is 72.7 Å². The van der Waals surface area contributed by atoms with Gasteiger partial charge in [-0.05, 0) is 18.2 Å². The molecule has 7 nitrogen and oxygen atoms in total. The molecule has 0 saturated heterocycles. The Labute approximate surface area is 174 Å². The molecule has 1 aliphatic carbocycles. The van der Waals surface area contributed by atoms with Crippen LogP contribution in [0.2, 0.25) is 0 Å². The van der Waals surface area contributed by atoms with Gasteiger partial charge in [0.1, 0.15) is 18.2 Å². The van der Waals surface area contributed by atoms with E-state index in [1.54, 1.807) is 24.3 Å². The summed E-state index contributed by atoms with van der Waals surface area (Å²) in [5.74, 6) is -0.814. The molecule has 3 amide bonds. The zero-order valence-electron chi connectivity index (χ0n) is 16.0. The number of rotatable bonds is 5. The minimum Gasteiger partial charge on any atom is -0.335 e. The van der Waals surface area contributed by atoms with Crippen molar-refractivity contribution in [2.75, 3.05) is 6.54 Å². The molecule has 0 bridgehead atoms. The second-order valence-electron chi connectivity index (χ2n) is 6.84. The molecule has 1 atom stereocenters. The van der Waals surface area contributed by atoms with Gasteiger partial charge in [0.2, 0.25) is 5.82 Å². The molecule has 0 spiro atoms. The molecule has 1 aromatic heterocycles. The highest BCUT2D eigenvalue weighted by molar-refractivity contribution is 6.16. The third-order valence-electron chi connectivity index (χ3n) is 4.85. The van der Waals surface area contributed by atoms with E-state index in [2.05, 4.69) is 16.7 Å². The number of hydrogen-bond donors (Lipinski definition) is 0. The van der Waals surface area contributed by atoms with E-state index in [-0.39, 0.29) is 30.7 Å². The van der Waals surface area contributed by atoms with Crippen molar-refractivity contribution in [1.82, 2.24) is 15.0 Å². The van der Waals surface area contributed by atoms with Crippen LogP contribution in [0, 0.1) is 5.92 Å². The Bertz CT molecular complexity index is 1140. The number of alkyl halides is 3. The highest BCUT2D eigenvalue weighted by Crippen LogP contribution is 2.30. The van der Waals surface area contributed by atoms with Crippen molar-refractivity contribution in [3.63, 3.8) is 0 Å². The average molecular weight is 429 g/mol. The third-order valence-corrected chi connectivity index (χ3v) is 4.85. The Hall–Kier alpha value is -3.82. The summed E-state index contributed by atoms with van der Waals surface area (Å²) in [6, 6.07) is 3.79. The number of imide groups is 1. The minimum atomic E-state index is -4.44. The number of allylic oxidation sites excluding steroid dienone is 3. The predicted molar refractivity (Wildman–Crippen MR) is 103 cm³/mol. The highest BCUT2D eigenvalue weighted by Gasteiger charge is 2.46. The lowest BCUT2D eigenvalue weighted by molar-refractivity contribution is -0.459. The molecular formula is C21H16F3N4O3+. The fourth-order valence-electron chi connectivity index (χ4n) is 3.35. The van der Waals surface area contributed by atoms with Crippen molar-refractivity contribution in [2.24, 2.45) is 5.92 Å². The first-order chi connectivity index (χ1) is 14.8. The first-order valence-corrected chi connectivity index (χ1v) is 9.25. The molecule has 10 heteroatoms. The van der Waals surface area contributed by atoms with Crippen LogP contribution >= 0.6 is 0 Å². The van der Waals surface area contributed by atoms with Gasteiger partial charge in [0, 0.05) is 5.56 Å². The summed E-state index contributed by atoms with van der Waals surface area (Å²) in [6.07, 6.45) is 3.80. The number of amides is 3. The number of carbonyl (C=O) groups is 2. The zero-order chi connectivity index (χ0) is 22.2. The van der Waals surface area contributed by atoms with Crippen molar-refractivity contribution in [1.29, 1.82) is 0 Å². The minimum absolute atomic E-state index is 0.0517. The lowest BCUT2D eigenvalue weighted by Gasteiger charge is -2.25. The lowest BCUT2D eigenvalue weighted by Crippen LogP contribution is -2.54. The molecule has 4 rings (SSSR count). The normalized spacial score (nSPS) is 18.5. The second kappa shape index (κ2) is 7.78. The molecular weight excluding hydrogens is 413 g/mol. The third kappa shape index (κ3) is 3.83. The fraction of sp³-hybridized carbons (Fsp3) is 0.190. The number of aromatic nitrogens is 2. The van der Waals surface area contributed by atoms with Crippen LogP contribution in [0.5, 0.6) is 0 Å². The summed E-state index contributed by atoms with van der Waals surface area (Å²) < 4.78 is 44.8. The summed E-state index contributed by atoms with van der Waals surface area (Å²) in [5, 5.41) is 3.80. The van der Waals surface area contributed by atoms with Gasteiger partial charge >= 0.3 is 18.1 Å². The van der Waals surface area contributed by atoms with Gasteiger partial charge in [0.15, 0.2) is 6.54 Å². The maximum atomic E-state index is 12.9. The molecule has 158 valence electrons. The van der Waals surface area contributed by atoms with Crippen LogP contribution < -0.4 is 0 Å². The largest absolute Gasteiger partial charge is 0.501 e. The Balaban J connectivity index is 1.63. The van der Waals surface area contributed by atoms with Gasteiger partial charge in [0.05, 0.1) is 5.56 Å². The molecule has 0 radical (unpaired) electrons. The summed E-state index contributed by atoms with van der Waals surface area (Å²) in [6.45, 7) is 3.53. The van der Waals surface area contributed by atoms with Gasteiger partial charge in [-0.3, -0.25) is 0 Å². The van der Waals surface area contributed by atoms with E-state index in [4.69, 9.17) is 4.52 Å². The van der Waals surface area contributed by atoms with Crippen LogP contribution in [0.4, 0.5) is 18.0 Å². The van der Waals surface area contributed by atoms with E-state index >= 15 is 0 Å². The Morgan fingerprint density at radius 2 is 1.94 bits per heavy atom. The fourth-order valence-corrected chi connectivity index (χ4v) is 3.35. The first kappa shape index (κ1) is 20.5. The highest BCUT2D eigenvalue weighted by atomic mass is 19.4. The van der Waals surface area contributed by atoms with Crippen LogP contribution in [0.15, 0.2) is 65.7 Å². The molecule has 0 N–H and O–H groups in total. The van der Waals surface area contributed by atoms with E-state index in [1.165, 1.54) is 22.8 Å². The van der Waals surface area contributed by atoms with Crippen molar-refractivity contribution < 1.29 is 31.9 Å². The van der Waals surface area contributed by atoms with Gasteiger partial charge in [-0.25, -0.2) is 4.79 Å². The van der Waals surface area contributed by atoms with Gasteiger partial charge in [-0.2, -0.15) is 32.4 Å². The molecule has 1 aromatic carbocycles. The molecule has 0 saturated carbocycles. The average Bonchev–Trinajstić information content (AvgIpc) is 3.22. The molecule has 31 heavy (non-hydrogen) atoms. The monoisotopic (exact) mass is 429 g/mol. The molecule has 0 fully saturated rings. The predicted octanol–water partition coefficient (Wildman–Crippen LogP) is 3.60. The van der Waals surface area contributed by atoms with Gasteiger partial charge in [-0.15, -0.1) is 0 Å². The molecule has 1 aliphatic heterocycles. The lowest BCUT2D eigenvalue weighted by atomic mass is 9.94. The van der Waals surface area contributed by atoms with Crippen molar-refractivity contribution >= 4 is 17.6 Å². The van der Waals surface area contributed by atoms with Crippen LogP contribution in [-0.2, 0) is 17.5 Å². The Morgan fingerprint density at radius 3 is 2.61 bits per heavy atom. The standard InChI is InChI=1S/C21H16F3N4O3/c1-2-11-27-19(29)15-5-3-4-6-16(15)28(20(27)30)12-17-25-18(26-31-17)13-7-9-14(10-8-13)21(22,23)24/h2-10,15H,1,11-12H2/q+1. The SMILES string of the molecule is C=CCN1C(=O)C2C=CC=CC2=[N+](Cc2nc(-c3ccc(C(F)(F)F)cc3)no2)C1=O. The number of fused-ring (bicyclic) bond motifs is 1. The Kier molecular flexibility index (Phi) is 5.14. The summed E-state index contributed by atoms with van der Waals surface area (Å²) in [4.78, 5) is 30.8. The number of carbonyl (C=O) groups excluding carboxylic acids is 2. The van der Waals surface area contributed by atoms with Crippen molar-refractivity contribution in [3.8, 4) is 11.4 Å². The number of hydrogen-bond acceptors (Lipinski definition) is 5. The van der Waals surface area contributed by atoms with E-state index < -0.39 is 23.7 Å². The van der Waals surface area contributed by atoms with Crippen LogP contribution in [-0.4, -0.2) is 43.8 Å². The number of nitrogens with zero attached hydrogens (tertiary/aromatic N) is 4. The van der Waals surface area contributed by atoms with Gasteiger partial charge < -0.3 is 4.52 Å². The van der Waals surface area contributed by atoms with E-state index in [1.807, 2.05) is 0 Å². The first-order valence-electron chi connectivity index (χ1n) is 9.25. The smallest absolute Gasteiger partial charge is 0.335 e. The van der Waals surface area contributed by atoms with E-state index in [0.717, 1.165) is 17.0 Å². The zero-order valence-corrected chi connectivity index (χ0v) is 16.0. The van der Waals surface area contributed by atoms with Gasteiger partial charge in [0.25, 0.3) is 5.89 Å². The van der Waals surface area contributed by atoms with Crippen LogP contribution in [0.25, 0.3) is 11.4 Å². The molecule has 2 aromatic rings. The van der Waals surface area contributed by atoms with Gasteiger partial charge in [-0.1, -0.05) is 48.2 Å². The number of halogens is 3. The Morgan fingerprint density at radius 1 is 1.19 bits per heavy atom. The summed E-state index contributed by atoms with van der Waals surface area (Å²) in [7, 11) is 0. The van der Waals surface area contributed by atoms with E-state index in [9.17, 15) is 22.8 Å².